The van der Waals surface area contributed by atoms with E-state index >= 15 is 0 Å². The van der Waals surface area contributed by atoms with E-state index in [9.17, 15) is 4.79 Å². The number of anilines is 2. The van der Waals surface area contributed by atoms with Crippen molar-refractivity contribution in [3.05, 3.63) is 76.6 Å². The fourth-order valence-corrected chi connectivity index (χ4v) is 4.78. The summed E-state index contributed by atoms with van der Waals surface area (Å²) in [5.41, 5.74) is 7.34. The average Bonchev–Trinajstić information content (AvgIpc) is 3.34. The number of aromatic nitrogens is 4. The van der Waals surface area contributed by atoms with Crippen LogP contribution in [0.5, 0.6) is 0 Å². The third-order valence-electron chi connectivity index (χ3n) is 7.07. The molecule has 9 nitrogen and oxygen atoms in total. The van der Waals surface area contributed by atoms with Crippen LogP contribution in [0.4, 0.5) is 11.5 Å². The van der Waals surface area contributed by atoms with Gasteiger partial charge in [-0.1, -0.05) is 12.1 Å². The van der Waals surface area contributed by atoms with Crippen molar-refractivity contribution < 1.29 is 9.53 Å². The summed E-state index contributed by atoms with van der Waals surface area (Å²) in [4.78, 5) is 24.6. The molecule has 2 aromatic carbocycles. The standard InChI is InChI=1S/C29H35N7O2/c1-5-36-18-26-28(34-36)33-27(16-30-26)31-21(4)25-15-24(9-6-19(25)2)32-29(37)22-7-8-23(20(3)14-22)17-35-10-12-38-13-11-35/h6-9,14-16,18,21H,5,10-13,17H2,1-4H3,(H,32,37)(H,31,33,34)/t21-/m0/s1. The quantitative estimate of drug-likeness (QED) is 0.352. The molecule has 0 saturated carbocycles. The number of nitrogens with zero attached hydrogens (tertiary/aromatic N) is 5. The summed E-state index contributed by atoms with van der Waals surface area (Å²) in [5, 5.41) is 11.0. The van der Waals surface area contributed by atoms with Gasteiger partial charge in [0.2, 0.25) is 5.65 Å². The molecule has 9 heteroatoms. The van der Waals surface area contributed by atoms with Crippen molar-refractivity contribution in [1.29, 1.82) is 0 Å². The Morgan fingerprint density at radius 2 is 1.92 bits per heavy atom. The predicted molar refractivity (Wildman–Crippen MR) is 149 cm³/mol. The molecule has 1 atom stereocenters. The van der Waals surface area contributed by atoms with Crippen LogP contribution in [0.25, 0.3) is 11.2 Å². The zero-order chi connectivity index (χ0) is 26.6. The van der Waals surface area contributed by atoms with Gasteiger partial charge in [-0.15, -0.1) is 0 Å². The van der Waals surface area contributed by atoms with Crippen molar-refractivity contribution in [3.63, 3.8) is 0 Å². The highest BCUT2D eigenvalue weighted by atomic mass is 16.5. The first-order valence-corrected chi connectivity index (χ1v) is 13.2. The monoisotopic (exact) mass is 513 g/mol. The van der Waals surface area contributed by atoms with Crippen LogP contribution in [0.3, 0.4) is 0 Å². The van der Waals surface area contributed by atoms with Gasteiger partial charge in [-0.3, -0.25) is 14.4 Å². The van der Waals surface area contributed by atoms with Gasteiger partial charge < -0.3 is 15.4 Å². The zero-order valence-electron chi connectivity index (χ0n) is 22.5. The van der Waals surface area contributed by atoms with E-state index in [1.54, 1.807) is 6.20 Å². The number of fused-ring (bicyclic) bond motifs is 1. The van der Waals surface area contributed by atoms with Crippen LogP contribution in [-0.4, -0.2) is 56.9 Å². The lowest BCUT2D eigenvalue weighted by molar-refractivity contribution is 0.0341. The lowest BCUT2D eigenvalue weighted by Gasteiger charge is -2.27. The summed E-state index contributed by atoms with van der Waals surface area (Å²) in [6.07, 6.45) is 3.62. The van der Waals surface area contributed by atoms with E-state index in [1.165, 1.54) is 5.56 Å². The molecule has 0 radical (unpaired) electrons. The Morgan fingerprint density at radius 3 is 2.68 bits per heavy atom. The first kappa shape index (κ1) is 25.8. The number of morpholine rings is 1. The van der Waals surface area contributed by atoms with E-state index in [-0.39, 0.29) is 11.9 Å². The van der Waals surface area contributed by atoms with Crippen LogP contribution >= 0.6 is 0 Å². The van der Waals surface area contributed by atoms with E-state index < -0.39 is 0 Å². The number of rotatable bonds is 8. The molecule has 0 spiro atoms. The van der Waals surface area contributed by atoms with Crippen LogP contribution in [0.15, 0.2) is 48.8 Å². The smallest absolute Gasteiger partial charge is 0.255 e. The van der Waals surface area contributed by atoms with E-state index in [0.717, 1.165) is 67.3 Å². The second-order valence-corrected chi connectivity index (χ2v) is 9.87. The number of hydrogen-bond donors (Lipinski definition) is 2. The van der Waals surface area contributed by atoms with Gasteiger partial charge in [0.1, 0.15) is 11.3 Å². The third-order valence-corrected chi connectivity index (χ3v) is 7.07. The predicted octanol–water partition coefficient (Wildman–Crippen LogP) is 4.72. The third kappa shape index (κ3) is 5.84. The molecule has 0 unspecified atom stereocenters. The summed E-state index contributed by atoms with van der Waals surface area (Å²) in [6.45, 7) is 13.3. The molecule has 1 saturated heterocycles. The molecular weight excluding hydrogens is 478 g/mol. The number of carbonyl (C=O) groups is 1. The molecule has 1 amide bonds. The summed E-state index contributed by atoms with van der Waals surface area (Å²) in [5.74, 6) is 0.539. The molecule has 1 aliphatic rings. The van der Waals surface area contributed by atoms with Crippen molar-refractivity contribution in [2.75, 3.05) is 36.9 Å². The summed E-state index contributed by atoms with van der Waals surface area (Å²) in [7, 11) is 0. The SMILES string of the molecule is CCn1cc2ncc(N[C@@H](C)c3cc(NC(=O)c4ccc(CN5CCOCC5)c(C)c4)ccc3C)nc2n1. The molecule has 1 aliphatic heterocycles. The number of amides is 1. The Balaban J connectivity index is 1.26. The number of benzene rings is 2. The second kappa shape index (κ2) is 11.3. The molecule has 0 bridgehead atoms. The Morgan fingerprint density at radius 1 is 1.11 bits per heavy atom. The van der Waals surface area contributed by atoms with Crippen molar-refractivity contribution >= 4 is 28.6 Å². The molecule has 0 aliphatic carbocycles. The maximum Gasteiger partial charge on any atom is 0.255 e. The molecule has 4 aromatic rings. The number of aryl methyl sites for hydroxylation is 3. The van der Waals surface area contributed by atoms with E-state index in [0.29, 0.717) is 17.0 Å². The van der Waals surface area contributed by atoms with E-state index in [2.05, 4.69) is 57.4 Å². The van der Waals surface area contributed by atoms with Gasteiger partial charge in [-0.2, -0.15) is 5.10 Å². The molecule has 38 heavy (non-hydrogen) atoms. The second-order valence-electron chi connectivity index (χ2n) is 9.87. The van der Waals surface area contributed by atoms with Crippen LogP contribution in [0.2, 0.25) is 0 Å². The summed E-state index contributed by atoms with van der Waals surface area (Å²) in [6, 6.07) is 11.9. The van der Waals surface area contributed by atoms with Gasteiger partial charge in [0.05, 0.1) is 31.6 Å². The first-order chi connectivity index (χ1) is 18.4. The van der Waals surface area contributed by atoms with Gasteiger partial charge in [0.15, 0.2) is 0 Å². The zero-order valence-corrected chi connectivity index (χ0v) is 22.5. The highest BCUT2D eigenvalue weighted by molar-refractivity contribution is 6.04. The van der Waals surface area contributed by atoms with Gasteiger partial charge in [0, 0.05) is 37.4 Å². The lowest BCUT2D eigenvalue weighted by atomic mass is 10.0. The Kier molecular flexibility index (Phi) is 7.67. The highest BCUT2D eigenvalue weighted by Crippen LogP contribution is 2.25. The highest BCUT2D eigenvalue weighted by Gasteiger charge is 2.16. The fourth-order valence-electron chi connectivity index (χ4n) is 4.78. The van der Waals surface area contributed by atoms with Crippen molar-refractivity contribution in [2.45, 2.75) is 46.8 Å². The van der Waals surface area contributed by atoms with Gasteiger partial charge >= 0.3 is 0 Å². The van der Waals surface area contributed by atoms with Gasteiger partial charge in [-0.25, -0.2) is 9.97 Å². The molecule has 198 valence electrons. The molecule has 5 rings (SSSR count). The Bertz CT molecular complexity index is 1440. The van der Waals surface area contributed by atoms with Crippen LogP contribution in [-0.2, 0) is 17.8 Å². The van der Waals surface area contributed by atoms with Gasteiger partial charge in [0.25, 0.3) is 5.91 Å². The summed E-state index contributed by atoms with van der Waals surface area (Å²) < 4.78 is 7.27. The Hall–Kier alpha value is -3.82. The number of nitrogens with one attached hydrogen (secondary N) is 2. The molecule has 2 aromatic heterocycles. The van der Waals surface area contributed by atoms with Crippen LogP contribution in [0.1, 0.15) is 52.5 Å². The number of ether oxygens (including phenoxy) is 1. The van der Waals surface area contributed by atoms with Crippen LogP contribution in [0, 0.1) is 13.8 Å². The Labute approximate surface area is 223 Å². The maximum atomic E-state index is 13.1. The van der Waals surface area contributed by atoms with Crippen LogP contribution < -0.4 is 10.6 Å². The number of hydrogen-bond acceptors (Lipinski definition) is 7. The molecule has 3 heterocycles. The van der Waals surface area contributed by atoms with Crippen molar-refractivity contribution in [2.24, 2.45) is 0 Å². The molecular formula is C29H35N7O2. The fraction of sp³-hybridized carbons (Fsp3) is 0.379. The lowest BCUT2D eigenvalue weighted by Crippen LogP contribution is -2.35. The van der Waals surface area contributed by atoms with E-state index in [4.69, 9.17) is 4.74 Å². The van der Waals surface area contributed by atoms with Gasteiger partial charge in [-0.05, 0) is 74.2 Å². The van der Waals surface area contributed by atoms with Crippen molar-refractivity contribution in [3.8, 4) is 0 Å². The number of carbonyl (C=O) groups excluding carboxylic acids is 1. The average molecular weight is 514 g/mol. The maximum absolute atomic E-state index is 13.1. The minimum Gasteiger partial charge on any atom is -0.379 e. The largest absolute Gasteiger partial charge is 0.379 e. The minimum atomic E-state index is -0.121. The first-order valence-electron chi connectivity index (χ1n) is 13.2. The molecule has 2 N–H and O–H groups in total. The van der Waals surface area contributed by atoms with E-state index in [1.807, 2.05) is 48.1 Å². The topological polar surface area (TPSA) is 97.2 Å². The molecule has 1 fully saturated rings. The minimum absolute atomic E-state index is 0.0476. The normalized spacial score (nSPS) is 14.9. The summed E-state index contributed by atoms with van der Waals surface area (Å²) >= 11 is 0. The van der Waals surface area contributed by atoms with Crippen molar-refractivity contribution in [1.82, 2.24) is 24.6 Å².